The van der Waals surface area contributed by atoms with E-state index in [2.05, 4.69) is 40.3 Å². The fourth-order valence-electron chi connectivity index (χ4n) is 2.04. The molecule has 1 atom stereocenters. The summed E-state index contributed by atoms with van der Waals surface area (Å²) in [7, 11) is 0. The van der Waals surface area contributed by atoms with Crippen LogP contribution in [0.5, 0.6) is 0 Å². The van der Waals surface area contributed by atoms with Crippen LogP contribution in [-0.4, -0.2) is 6.54 Å². The minimum atomic E-state index is 0.415. The molecule has 16 heavy (non-hydrogen) atoms. The van der Waals surface area contributed by atoms with Crippen LogP contribution in [0.3, 0.4) is 0 Å². The van der Waals surface area contributed by atoms with Crippen molar-refractivity contribution in [2.75, 3.05) is 6.54 Å². The lowest BCUT2D eigenvalue weighted by molar-refractivity contribution is 0.487. The lowest BCUT2D eigenvalue weighted by Gasteiger charge is -2.19. The van der Waals surface area contributed by atoms with E-state index in [1.807, 2.05) is 6.07 Å². The summed E-state index contributed by atoms with van der Waals surface area (Å²) in [6.45, 7) is 3.14. The van der Waals surface area contributed by atoms with Gasteiger partial charge in [-0.15, -0.1) is 0 Å². The van der Waals surface area contributed by atoms with Gasteiger partial charge in [0, 0.05) is 15.5 Å². The van der Waals surface area contributed by atoms with Crippen LogP contribution < -0.4 is 5.32 Å². The lowest BCUT2D eigenvalue weighted by Crippen LogP contribution is -2.21. The fraction of sp³-hybridized carbons (Fsp3) is 0.538. The van der Waals surface area contributed by atoms with E-state index in [4.69, 9.17) is 11.6 Å². The second-order valence-corrected chi connectivity index (χ2v) is 5.78. The summed E-state index contributed by atoms with van der Waals surface area (Å²) in [5.41, 5.74) is 1.23. The number of benzene rings is 1. The van der Waals surface area contributed by atoms with E-state index < -0.39 is 0 Å². The molecule has 1 aromatic carbocycles. The van der Waals surface area contributed by atoms with Crippen LogP contribution in [0.2, 0.25) is 5.02 Å². The van der Waals surface area contributed by atoms with Crippen LogP contribution in [0.4, 0.5) is 0 Å². The average Bonchev–Trinajstić information content (AvgIpc) is 3.01. The van der Waals surface area contributed by atoms with Crippen molar-refractivity contribution >= 4 is 27.5 Å². The van der Waals surface area contributed by atoms with E-state index in [0.717, 1.165) is 22.0 Å². The Morgan fingerprint density at radius 1 is 1.50 bits per heavy atom. The zero-order valence-electron chi connectivity index (χ0n) is 9.47. The normalized spacial score (nSPS) is 17.4. The van der Waals surface area contributed by atoms with Gasteiger partial charge in [0.1, 0.15) is 0 Å². The summed E-state index contributed by atoms with van der Waals surface area (Å²) in [6, 6.07) is 6.59. The molecule has 0 bridgehead atoms. The van der Waals surface area contributed by atoms with Crippen LogP contribution >= 0.6 is 27.5 Å². The summed E-state index contributed by atoms with van der Waals surface area (Å²) in [5, 5.41) is 4.39. The van der Waals surface area contributed by atoms with Gasteiger partial charge in [-0.05, 0) is 36.6 Å². The van der Waals surface area contributed by atoms with Crippen LogP contribution in [0, 0.1) is 5.92 Å². The first kappa shape index (κ1) is 12.4. The van der Waals surface area contributed by atoms with E-state index in [1.165, 1.54) is 24.8 Å². The van der Waals surface area contributed by atoms with Crippen LogP contribution in [0.1, 0.15) is 37.8 Å². The standard InChI is InChI=1S/C13H17BrClN/c1-2-16-13(7-9-3-4-9)11-6-5-10(14)8-12(11)15/h5-6,8-9,13,16H,2-4,7H2,1H3. The Morgan fingerprint density at radius 2 is 2.25 bits per heavy atom. The SMILES string of the molecule is CCNC(CC1CC1)c1ccc(Br)cc1Cl. The molecule has 1 aliphatic rings. The molecule has 0 amide bonds. The van der Waals surface area contributed by atoms with Gasteiger partial charge in [0.05, 0.1) is 0 Å². The van der Waals surface area contributed by atoms with Crippen molar-refractivity contribution in [2.24, 2.45) is 5.92 Å². The molecule has 0 heterocycles. The van der Waals surface area contributed by atoms with Crippen molar-refractivity contribution in [1.29, 1.82) is 0 Å². The third kappa shape index (κ3) is 3.22. The first-order chi connectivity index (χ1) is 7.70. The molecule has 3 heteroatoms. The highest BCUT2D eigenvalue weighted by Gasteiger charge is 2.26. The maximum atomic E-state index is 6.29. The van der Waals surface area contributed by atoms with Crippen LogP contribution in [0.15, 0.2) is 22.7 Å². The van der Waals surface area contributed by atoms with Gasteiger partial charge in [-0.3, -0.25) is 0 Å². The van der Waals surface area contributed by atoms with E-state index in [-0.39, 0.29) is 0 Å². The minimum Gasteiger partial charge on any atom is -0.310 e. The number of rotatable bonds is 5. The minimum absolute atomic E-state index is 0.415. The van der Waals surface area contributed by atoms with Crippen LogP contribution in [-0.2, 0) is 0 Å². The third-order valence-electron chi connectivity index (χ3n) is 3.05. The topological polar surface area (TPSA) is 12.0 Å². The molecule has 0 aliphatic heterocycles. The highest BCUT2D eigenvalue weighted by atomic mass is 79.9. The molecule has 0 aromatic heterocycles. The van der Waals surface area contributed by atoms with Gasteiger partial charge in [0.15, 0.2) is 0 Å². The van der Waals surface area contributed by atoms with Gasteiger partial charge >= 0.3 is 0 Å². The van der Waals surface area contributed by atoms with Crippen LogP contribution in [0.25, 0.3) is 0 Å². The van der Waals surface area contributed by atoms with E-state index in [1.54, 1.807) is 0 Å². The monoisotopic (exact) mass is 301 g/mol. The Morgan fingerprint density at radius 3 is 2.81 bits per heavy atom. The van der Waals surface area contributed by atoms with Gasteiger partial charge in [-0.1, -0.05) is 53.4 Å². The van der Waals surface area contributed by atoms with Crippen molar-refractivity contribution in [2.45, 2.75) is 32.2 Å². The van der Waals surface area contributed by atoms with E-state index in [0.29, 0.717) is 6.04 Å². The molecule has 1 unspecified atom stereocenters. The molecular weight excluding hydrogens is 286 g/mol. The Kier molecular flexibility index (Phi) is 4.28. The second kappa shape index (κ2) is 5.52. The summed E-state index contributed by atoms with van der Waals surface area (Å²) in [6.07, 6.45) is 3.99. The average molecular weight is 303 g/mol. The summed E-state index contributed by atoms with van der Waals surface area (Å²) in [5.74, 6) is 0.906. The zero-order valence-corrected chi connectivity index (χ0v) is 11.8. The summed E-state index contributed by atoms with van der Waals surface area (Å²) < 4.78 is 1.04. The largest absolute Gasteiger partial charge is 0.310 e. The molecule has 2 rings (SSSR count). The molecule has 1 aromatic rings. The Bertz CT molecular complexity index is 363. The fourth-order valence-corrected chi connectivity index (χ4v) is 2.84. The lowest BCUT2D eigenvalue weighted by atomic mass is 10.0. The van der Waals surface area contributed by atoms with E-state index in [9.17, 15) is 0 Å². The smallest absolute Gasteiger partial charge is 0.0465 e. The predicted molar refractivity (Wildman–Crippen MR) is 72.9 cm³/mol. The Labute approximate surface area is 111 Å². The van der Waals surface area contributed by atoms with Gasteiger partial charge in [-0.25, -0.2) is 0 Å². The molecule has 1 aliphatic carbocycles. The molecule has 1 nitrogen and oxygen atoms in total. The van der Waals surface area contributed by atoms with E-state index >= 15 is 0 Å². The highest BCUT2D eigenvalue weighted by molar-refractivity contribution is 9.10. The summed E-state index contributed by atoms with van der Waals surface area (Å²) >= 11 is 9.74. The molecule has 0 spiro atoms. The van der Waals surface area contributed by atoms with Gasteiger partial charge in [0.2, 0.25) is 0 Å². The van der Waals surface area contributed by atoms with Crippen molar-refractivity contribution in [3.05, 3.63) is 33.3 Å². The molecule has 0 radical (unpaired) electrons. The molecular formula is C13H17BrClN. The number of hydrogen-bond acceptors (Lipinski definition) is 1. The van der Waals surface area contributed by atoms with Crippen molar-refractivity contribution < 1.29 is 0 Å². The number of nitrogens with one attached hydrogen (secondary N) is 1. The second-order valence-electron chi connectivity index (χ2n) is 4.46. The quantitative estimate of drug-likeness (QED) is 0.841. The molecule has 1 N–H and O–H groups in total. The Balaban J connectivity index is 2.15. The first-order valence-electron chi connectivity index (χ1n) is 5.89. The highest BCUT2D eigenvalue weighted by Crippen LogP contribution is 2.39. The Hall–Kier alpha value is -0.0500. The van der Waals surface area contributed by atoms with Crippen molar-refractivity contribution in [3.8, 4) is 0 Å². The number of halogens is 2. The van der Waals surface area contributed by atoms with Crippen molar-refractivity contribution in [1.82, 2.24) is 5.32 Å². The molecule has 1 saturated carbocycles. The third-order valence-corrected chi connectivity index (χ3v) is 3.87. The molecule has 0 saturated heterocycles. The maximum Gasteiger partial charge on any atom is 0.0465 e. The van der Waals surface area contributed by atoms with Crippen molar-refractivity contribution in [3.63, 3.8) is 0 Å². The molecule has 1 fully saturated rings. The first-order valence-corrected chi connectivity index (χ1v) is 7.06. The zero-order chi connectivity index (χ0) is 11.5. The van der Waals surface area contributed by atoms with Gasteiger partial charge in [-0.2, -0.15) is 0 Å². The number of hydrogen-bond donors (Lipinski definition) is 1. The van der Waals surface area contributed by atoms with Gasteiger partial charge < -0.3 is 5.32 Å². The summed E-state index contributed by atoms with van der Waals surface area (Å²) in [4.78, 5) is 0. The predicted octanol–water partition coefficient (Wildman–Crippen LogP) is 4.55. The molecule has 88 valence electrons. The maximum absolute atomic E-state index is 6.29. The van der Waals surface area contributed by atoms with Gasteiger partial charge in [0.25, 0.3) is 0 Å².